The molecule has 6 rings (SSSR count). The predicted molar refractivity (Wildman–Crippen MR) is 124 cm³/mol. The second kappa shape index (κ2) is 7.54. The van der Waals surface area contributed by atoms with Crippen LogP contribution in [0.25, 0.3) is 10.2 Å². The summed E-state index contributed by atoms with van der Waals surface area (Å²) in [6, 6.07) is 9.01. The fourth-order valence-electron chi connectivity index (χ4n) is 5.38. The molecule has 2 bridgehead atoms. The molecular weight excluding hydrogens is 428 g/mol. The van der Waals surface area contributed by atoms with Crippen LogP contribution in [-0.4, -0.2) is 45.9 Å². The summed E-state index contributed by atoms with van der Waals surface area (Å²) in [5, 5.41) is 7.58. The van der Waals surface area contributed by atoms with Crippen LogP contribution in [0.15, 0.2) is 29.6 Å². The highest BCUT2D eigenvalue weighted by molar-refractivity contribution is 7.16. The fourth-order valence-corrected chi connectivity index (χ4v) is 6.52. The lowest BCUT2D eigenvalue weighted by atomic mass is 10.0. The minimum Gasteiger partial charge on any atom is -0.337 e. The van der Waals surface area contributed by atoms with Crippen molar-refractivity contribution in [3.63, 3.8) is 0 Å². The zero-order valence-corrected chi connectivity index (χ0v) is 19.0. The van der Waals surface area contributed by atoms with Crippen LogP contribution < -0.4 is 5.32 Å². The van der Waals surface area contributed by atoms with Gasteiger partial charge in [-0.05, 0) is 67.7 Å². The Labute approximate surface area is 190 Å². The van der Waals surface area contributed by atoms with Gasteiger partial charge in [-0.3, -0.25) is 4.79 Å². The third-order valence-electron chi connectivity index (χ3n) is 7.07. The number of likely N-dealkylation sites (tertiary alicyclic amines) is 1. The summed E-state index contributed by atoms with van der Waals surface area (Å²) in [5.41, 5.74) is 2.96. The largest absolute Gasteiger partial charge is 0.337 e. The number of carbonyl (C=O) groups is 1. The number of nitrogens with zero attached hydrogens (tertiary/aromatic N) is 3. The van der Waals surface area contributed by atoms with E-state index in [1.165, 1.54) is 6.42 Å². The molecule has 7 heteroatoms. The Bertz CT molecular complexity index is 1180. The molecule has 0 unspecified atom stereocenters. The van der Waals surface area contributed by atoms with Gasteiger partial charge in [-0.15, -0.1) is 11.3 Å². The van der Waals surface area contributed by atoms with E-state index in [1.54, 1.807) is 11.3 Å². The lowest BCUT2D eigenvalue weighted by Crippen LogP contribution is -2.39. The van der Waals surface area contributed by atoms with Crippen molar-refractivity contribution in [2.75, 3.05) is 13.1 Å². The van der Waals surface area contributed by atoms with E-state index in [0.717, 1.165) is 59.7 Å². The third-order valence-corrected chi connectivity index (χ3v) is 8.20. The van der Waals surface area contributed by atoms with Crippen molar-refractivity contribution < 1.29 is 4.79 Å². The molecule has 2 aromatic heterocycles. The highest BCUT2D eigenvalue weighted by Gasteiger charge is 2.43. The molecule has 0 spiro atoms. The van der Waals surface area contributed by atoms with Gasteiger partial charge >= 0.3 is 0 Å². The molecule has 5 nitrogen and oxygen atoms in total. The molecule has 160 valence electrons. The molecule has 1 aromatic carbocycles. The molecule has 1 saturated carbocycles. The molecule has 2 aliphatic heterocycles. The standard InChI is InChI=1S/C24H25ClN4OS/c1-13-26-22(18-7-9-31-23(18)27-13)20-11-19(20)17-5-2-14(10-21(17)25)24(30)29-8-6-15-3-4-16(12-29)28-15/h2,5,7,9-10,15-16,19-20,28H,3-4,6,8,11-12H2,1H3/t15-,16+,19-,20+/m0/s1. The average Bonchev–Trinajstić information content (AvgIpc) is 3.24. The molecule has 31 heavy (non-hydrogen) atoms. The van der Waals surface area contributed by atoms with E-state index in [-0.39, 0.29) is 5.91 Å². The summed E-state index contributed by atoms with van der Waals surface area (Å²) in [7, 11) is 0. The first kappa shape index (κ1) is 19.6. The van der Waals surface area contributed by atoms with Gasteiger partial charge in [0.2, 0.25) is 0 Å². The molecule has 4 atom stereocenters. The Morgan fingerprint density at radius 1 is 1.16 bits per heavy atom. The van der Waals surface area contributed by atoms with Gasteiger partial charge in [-0.2, -0.15) is 0 Å². The van der Waals surface area contributed by atoms with Crippen LogP contribution in [0, 0.1) is 6.92 Å². The minimum absolute atomic E-state index is 0.0987. The van der Waals surface area contributed by atoms with Crippen LogP contribution >= 0.6 is 22.9 Å². The van der Waals surface area contributed by atoms with Crippen LogP contribution in [0.5, 0.6) is 0 Å². The number of halogens is 1. The van der Waals surface area contributed by atoms with E-state index in [9.17, 15) is 4.79 Å². The zero-order chi connectivity index (χ0) is 21.1. The summed E-state index contributed by atoms with van der Waals surface area (Å²) in [4.78, 5) is 25.5. The number of hydrogen-bond donors (Lipinski definition) is 1. The number of benzene rings is 1. The summed E-state index contributed by atoms with van der Waals surface area (Å²) in [6.45, 7) is 3.57. The smallest absolute Gasteiger partial charge is 0.253 e. The lowest BCUT2D eigenvalue weighted by Gasteiger charge is -2.24. The second-order valence-corrected chi connectivity index (χ2v) is 10.5. The van der Waals surface area contributed by atoms with Crippen molar-refractivity contribution in [3.05, 3.63) is 57.3 Å². The average molecular weight is 453 g/mol. The van der Waals surface area contributed by atoms with Crippen LogP contribution in [0.2, 0.25) is 5.02 Å². The maximum Gasteiger partial charge on any atom is 0.253 e. The van der Waals surface area contributed by atoms with Gasteiger partial charge in [0.1, 0.15) is 10.7 Å². The van der Waals surface area contributed by atoms with E-state index < -0.39 is 0 Å². The lowest BCUT2D eigenvalue weighted by molar-refractivity contribution is 0.0748. The fraction of sp³-hybridized carbons (Fsp3) is 0.458. The monoisotopic (exact) mass is 452 g/mol. The van der Waals surface area contributed by atoms with Crippen molar-refractivity contribution >= 4 is 39.1 Å². The Kier molecular flexibility index (Phi) is 4.78. The van der Waals surface area contributed by atoms with E-state index in [2.05, 4.69) is 27.8 Å². The van der Waals surface area contributed by atoms with Gasteiger partial charge in [-0.1, -0.05) is 17.7 Å². The second-order valence-electron chi connectivity index (χ2n) is 9.16. The summed E-state index contributed by atoms with van der Waals surface area (Å²) in [6.07, 6.45) is 4.47. The normalized spacial score (nSPS) is 27.5. The quantitative estimate of drug-likeness (QED) is 0.614. The van der Waals surface area contributed by atoms with E-state index in [4.69, 9.17) is 16.6 Å². The molecule has 3 aromatic rings. The number of rotatable bonds is 3. The number of fused-ring (bicyclic) bond motifs is 3. The van der Waals surface area contributed by atoms with Crippen LogP contribution in [0.4, 0.5) is 0 Å². The number of aryl methyl sites for hydroxylation is 1. The van der Waals surface area contributed by atoms with Gasteiger partial charge in [0.25, 0.3) is 5.91 Å². The first-order valence-corrected chi connectivity index (χ1v) is 12.4. The highest BCUT2D eigenvalue weighted by atomic mass is 35.5. The number of nitrogens with one attached hydrogen (secondary N) is 1. The Morgan fingerprint density at radius 2 is 2.03 bits per heavy atom. The van der Waals surface area contributed by atoms with Crippen LogP contribution in [0.3, 0.4) is 0 Å². The highest BCUT2D eigenvalue weighted by Crippen LogP contribution is 2.57. The van der Waals surface area contributed by atoms with Crippen molar-refractivity contribution in [1.82, 2.24) is 20.2 Å². The number of amides is 1. The SMILES string of the molecule is Cc1nc([C@@H]2C[C@H]2c2ccc(C(=O)N3CC[C@@H]4CC[C@H](C3)N4)cc2Cl)c2ccsc2n1. The molecule has 3 fully saturated rings. The Morgan fingerprint density at radius 3 is 2.90 bits per heavy atom. The topological polar surface area (TPSA) is 58.1 Å². The molecule has 1 N–H and O–H groups in total. The predicted octanol–water partition coefficient (Wildman–Crippen LogP) is 4.89. The van der Waals surface area contributed by atoms with Gasteiger partial charge in [0, 0.05) is 47.1 Å². The molecule has 0 radical (unpaired) electrons. The maximum absolute atomic E-state index is 13.1. The summed E-state index contributed by atoms with van der Waals surface area (Å²) in [5.74, 6) is 1.64. The molecule has 1 amide bonds. The molecular formula is C24H25ClN4OS. The van der Waals surface area contributed by atoms with Gasteiger partial charge in [0.05, 0.1) is 5.69 Å². The third kappa shape index (κ3) is 3.55. The van der Waals surface area contributed by atoms with Crippen LogP contribution in [-0.2, 0) is 0 Å². The Hall–Kier alpha value is -2.02. The summed E-state index contributed by atoms with van der Waals surface area (Å²) < 4.78 is 0. The van der Waals surface area contributed by atoms with Crippen LogP contribution in [0.1, 0.15) is 65.0 Å². The Balaban J connectivity index is 1.22. The first-order chi connectivity index (χ1) is 15.1. The zero-order valence-electron chi connectivity index (χ0n) is 17.5. The minimum atomic E-state index is 0.0987. The molecule has 1 aliphatic carbocycles. The molecule has 3 aliphatic rings. The van der Waals surface area contributed by atoms with E-state index in [1.807, 2.05) is 24.0 Å². The van der Waals surface area contributed by atoms with Crippen molar-refractivity contribution in [2.24, 2.45) is 0 Å². The number of aromatic nitrogens is 2. The van der Waals surface area contributed by atoms with E-state index in [0.29, 0.717) is 34.5 Å². The number of thiophene rings is 1. The molecule has 4 heterocycles. The number of carbonyl (C=O) groups excluding carboxylic acids is 1. The molecule has 2 saturated heterocycles. The van der Waals surface area contributed by atoms with Gasteiger partial charge < -0.3 is 10.2 Å². The van der Waals surface area contributed by atoms with Crippen molar-refractivity contribution in [3.8, 4) is 0 Å². The summed E-state index contributed by atoms with van der Waals surface area (Å²) >= 11 is 8.37. The maximum atomic E-state index is 13.1. The first-order valence-electron chi connectivity index (χ1n) is 11.1. The van der Waals surface area contributed by atoms with Crippen molar-refractivity contribution in [2.45, 2.75) is 56.5 Å². The van der Waals surface area contributed by atoms with E-state index >= 15 is 0 Å². The van der Waals surface area contributed by atoms with Gasteiger partial charge in [-0.25, -0.2) is 9.97 Å². The number of hydrogen-bond acceptors (Lipinski definition) is 5. The van der Waals surface area contributed by atoms with Crippen molar-refractivity contribution in [1.29, 1.82) is 0 Å². The van der Waals surface area contributed by atoms with Gasteiger partial charge in [0.15, 0.2) is 0 Å².